The summed E-state index contributed by atoms with van der Waals surface area (Å²) in [6.07, 6.45) is -3.73. The molecule has 0 saturated carbocycles. The molecule has 0 unspecified atom stereocenters. The zero-order valence-electron chi connectivity index (χ0n) is 12.8. The lowest BCUT2D eigenvalue weighted by Crippen LogP contribution is -2.32. The number of carbonyl (C=O) groups is 1. The minimum atomic E-state index is -3.73. The molecule has 5 nitrogen and oxygen atoms in total. The van der Waals surface area contributed by atoms with E-state index in [-0.39, 0.29) is 17.2 Å². The van der Waals surface area contributed by atoms with Crippen molar-refractivity contribution in [2.45, 2.75) is 19.3 Å². The third kappa shape index (κ3) is 3.76. The molecule has 1 atom stereocenters. The molecule has 0 spiro atoms. The molecule has 1 amide bonds. The van der Waals surface area contributed by atoms with Crippen LogP contribution in [0, 0.1) is 11.6 Å². The van der Waals surface area contributed by atoms with E-state index in [1.807, 2.05) is 0 Å². The Morgan fingerprint density at radius 3 is 2.52 bits per heavy atom. The predicted molar refractivity (Wildman–Crippen MR) is 80.7 cm³/mol. The van der Waals surface area contributed by atoms with Crippen molar-refractivity contribution in [3.05, 3.63) is 48.0 Å². The average Bonchev–Trinajstić information content (AvgIpc) is 2.83. The number of hydrogen-bond acceptors (Lipinski definition) is 4. The number of nitrogens with one attached hydrogen (secondary N) is 2. The van der Waals surface area contributed by atoms with Gasteiger partial charge in [-0.15, -0.1) is 8.78 Å². The highest BCUT2D eigenvalue weighted by Crippen LogP contribution is 2.42. The smallest absolute Gasteiger partial charge is 0.395 e. The Hall–Kier alpha value is -2.97. The Morgan fingerprint density at radius 2 is 1.80 bits per heavy atom. The first kappa shape index (κ1) is 16.9. The minimum absolute atomic E-state index is 0.124. The number of hydrogen-bond donors (Lipinski definition) is 2. The standard InChI is InChI=1S/C16H12F4N2O3/c1-8(15(23)22-12-4-2-9(17)6-11(12)18)21-10-3-5-13-14(7-10)25-16(19,20)24-13/h2-8,21H,1H3,(H,22,23)/t8-/m1/s1. The second-order valence-electron chi connectivity index (χ2n) is 5.31. The highest BCUT2D eigenvalue weighted by Gasteiger charge is 2.43. The van der Waals surface area contributed by atoms with Crippen LogP contribution >= 0.6 is 0 Å². The third-order valence-electron chi connectivity index (χ3n) is 3.37. The molecule has 1 aliphatic heterocycles. The number of anilines is 2. The largest absolute Gasteiger partial charge is 0.586 e. The van der Waals surface area contributed by atoms with Gasteiger partial charge in [0.05, 0.1) is 5.69 Å². The van der Waals surface area contributed by atoms with Crippen LogP contribution in [0.4, 0.5) is 28.9 Å². The number of rotatable bonds is 4. The van der Waals surface area contributed by atoms with Crippen molar-refractivity contribution >= 4 is 17.3 Å². The quantitative estimate of drug-likeness (QED) is 0.820. The van der Waals surface area contributed by atoms with Gasteiger partial charge < -0.3 is 20.1 Å². The van der Waals surface area contributed by atoms with Gasteiger partial charge in [0.2, 0.25) is 5.91 Å². The van der Waals surface area contributed by atoms with Gasteiger partial charge in [-0.3, -0.25) is 4.79 Å². The Kier molecular flexibility index (Phi) is 4.15. The molecule has 25 heavy (non-hydrogen) atoms. The van der Waals surface area contributed by atoms with Gasteiger partial charge in [-0.05, 0) is 31.2 Å². The van der Waals surface area contributed by atoms with Crippen molar-refractivity contribution in [1.82, 2.24) is 0 Å². The van der Waals surface area contributed by atoms with E-state index in [2.05, 4.69) is 20.1 Å². The van der Waals surface area contributed by atoms with Crippen molar-refractivity contribution in [1.29, 1.82) is 0 Å². The van der Waals surface area contributed by atoms with Crippen molar-refractivity contribution in [2.24, 2.45) is 0 Å². The average molecular weight is 356 g/mol. The van der Waals surface area contributed by atoms with Gasteiger partial charge in [0.25, 0.3) is 0 Å². The maximum Gasteiger partial charge on any atom is 0.586 e. The second-order valence-corrected chi connectivity index (χ2v) is 5.31. The van der Waals surface area contributed by atoms with E-state index in [0.717, 1.165) is 12.1 Å². The van der Waals surface area contributed by atoms with Gasteiger partial charge in [0, 0.05) is 17.8 Å². The number of benzene rings is 2. The lowest BCUT2D eigenvalue weighted by molar-refractivity contribution is -0.286. The monoisotopic (exact) mass is 356 g/mol. The van der Waals surface area contributed by atoms with E-state index < -0.39 is 29.9 Å². The summed E-state index contributed by atoms with van der Waals surface area (Å²) in [6, 6.07) is 5.84. The van der Waals surface area contributed by atoms with Gasteiger partial charge in [-0.25, -0.2) is 8.78 Å². The number of fused-ring (bicyclic) bond motifs is 1. The van der Waals surface area contributed by atoms with E-state index >= 15 is 0 Å². The Bertz CT molecular complexity index is 829. The summed E-state index contributed by atoms with van der Waals surface area (Å²) < 4.78 is 60.9. The molecular formula is C16H12F4N2O3. The van der Waals surface area contributed by atoms with E-state index in [9.17, 15) is 22.4 Å². The number of ether oxygens (including phenoxy) is 2. The topological polar surface area (TPSA) is 59.6 Å². The molecule has 9 heteroatoms. The lowest BCUT2D eigenvalue weighted by Gasteiger charge is -2.16. The first-order valence-electron chi connectivity index (χ1n) is 7.16. The van der Waals surface area contributed by atoms with Crippen molar-refractivity contribution in [2.75, 3.05) is 10.6 Å². The van der Waals surface area contributed by atoms with Gasteiger partial charge in [-0.1, -0.05) is 0 Å². The van der Waals surface area contributed by atoms with E-state index in [1.54, 1.807) is 0 Å². The van der Waals surface area contributed by atoms with Crippen LogP contribution < -0.4 is 20.1 Å². The molecule has 0 saturated heterocycles. The molecule has 2 aromatic carbocycles. The highest BCUT2D eigenvalue weighted by molar-refractivity contribution is 5.96. The molecule has 0 aliphatic carbocycles. The van der Waals surface area contributed by atoms with Crippen LogP contribution in [-0.4, -0.2) is 18.2 Å². The van der Waals surface area contributed by atoms with Crippen LogP contribution in [0.25, 0.3) is 0 Å². The maximum atomic E-state index is 13.5. The lowest BCUT2D eigenvalue weighted by atomic mass is 10.2. The van der Waals surface area contributed by atoms with Crippen LogP contribution in [0.15, 0.2) is 36.4 Å². The molecule has 0 bridgehead atoms. The molecule has 2 N–H and O–H groups in total. The Morgan fingerprint density at radius 1 is 1.08 bits per heavy atom. The van der Waals surface area contributed by atoms with E-state index in [1.165, 1.54) is 25.1 Å². The first-order valence-corrected chi connectivity index (χ1v) is 7.16. The SMILES string of the molecule is C[C@@H](Nc1ccc2c(c1)OC(F)(F)O2)C(=O)Nc1ccc(F)cc1F. The van der Waals surface area contributed by atoms with Gasteiger partial charge in [0.1, 0.15) is 17.7 Å². The van der Waals surface area contributed by atoms with Crippen molar-refractivity contribution < 1.29 is 31.8 Å². The van der Waals surface area contributed by atoms with Gasteiger partial charge in [0.15, 0.2) is 11.5 Å². The summed E-state index contributed by atoms with van der Waals surface area (Å²) in [7, 11) is 0. The summed E-state index contributed by atoms with van der Waals surface area (Å²) in [4.78, 5) is 12.1. The van der Waals surface area contributed by atoms with Gasteiger partial charge >= 0.3 is 6.29 Å². The van der Waals surface area contributed by atoms with E-state index in [0.29, 0.717) is 11.8 Å². The third-order valence-corrected chi connectivity index (χ3v) is 3.37. The second kappa shape index (κ2) is 6.15. The fourth-order valence-electron chi connectivity index (χ4n) is 2.19. The number of carbonyl (C=O) groups excluding carboxylic acids is 1. The molecule has 2 aromatic rings. The molecule has 132 valence electrons. The van der Waals surface area contributed by atoms with Crippen LogP contribution in [0.2, 0.25) is 0 Å². The summed E-state index contributed by atoms with van der Waals surface area (Å²) in [5.74, 6) is -2.58. The maximum absolute atomic E-state index is 13.5. The molecule has 1 heterocycles. The predicted octanol–water partition coefficient (Wildman–Crippen LogP) is 3.73. The van der Waals surface area contributed by atoms with Gasteiger partial charge in [-0.2, -0.15) is 0 Å². The summed E-state index contributed by atoms with van der Waals surface area (Å²) in [5.41, 5.74) is 0.146. The van der Waals surface area contributed by atoms with Crippen molar-refractivity contribution in [3.8, 4) is 11.5 Å². The molecule has 3 rings (SSSR count). The zero-order valence-corrected chi connectivity index (χ0v) is 12.8. The van der Waals surface area contributed by atoms with Crippen LogP contribution in [0.1, 0.15) is 6.92 Å². The molecular weight excluding hydrogens is 344 g/mol. The Labute approximate surface area is 139 Å². The normalized spacial score (nSPS) is 15.6. The molecule has 1 aliphatic rings. The summed E-state index contributed by atoms with van der Waals surface area (Å²) in [6.45, 7) is 1.48. The molecule has 0 radical (unpaired) electrons. The summed E-state index contributed by atoms with van der Waals surface area (Å²) in [5, 5.41) is 5.06. The number of halogens is 4. The van der Waals surface area contributed by atoms with E-state index in [4.69, 9.17) is 0 Å². The molecule has 0 aromatic heterocycles. The van der Waals surface area contributed by atoms with Crippen LogP contribution in [0.3, 0.4) is 0 Å². The fraction of sp³-hybridized carbons (Fsp3) is 0.188. The summed E-state index contributed by atoms with van der Waals surface area (Å²) >= 11 is 0. The van der Waals surface area contributed by atoms with Crippen molar-refractivity contribution in [3.63, 3.8) is 0 Å². The van der Waals surface area contributed by atoms with Crippen LogP contribution in [0.5, 0.6) is 11.5 Å². The molecule has 0 fully saturated rings. The number of amides is 1. The zero-order chi connectivity index (χ0) is 18.2. The fourth-order valence-corrected chi connectivity index (χ4v) is 2.19. The minimum Gasteiger partial charge on any atom is -0.395 e. The Balaban J connectivity index is 1.66. The highest BCUT2D eigenvalue weighted by atomic mass is 19.3. The van der Waals surface area contributed by atoms with Crippen LogP contribution in [-0.2, 0) is 4.79 Å². The number of alkyl halides is 2. The first-order chi connectivity index (χ1) is 11.7.